The van der Waals surface area contributed by atoms with E-state index in [2.05, 4.69) is 4.57 Å². The number of fused-ring (bicyclic) bond motifs is 2. The Morgan fingerprint density at radius 3 is 2.41 bits per heavy atom. The fourth-order valence-electron chi connectivity index (χ4n) is 5.36. The first-order valence-electron chi connectivity index (χ1n) is 12.9. The van der Waals surface area contributed by atoms with Crippen molar-refractivity contribution in [2.45, 2.75) is 39.7 Å². The third-order valence-electron chi connectivity index (χ3n) is 7.27. The second-order valence-corrected chi connectivity index (χ2v) is 9.93. The lowest BCUT2D eigenvalue weighted by atomic mass is 10.0. The number of carbonyl (C=O) groups is 1. The number of aromatic nitrogens is 2. The number of amidine groups is 2. The minimum Gasteiger partial charge on any atom is -0.486 e. The number of nitrogens with two attached hydrogens (primary N) is 2. The third kappa shape index (κ3) is 4.85. The highest BCUT2D eigenvalue weighted by atomic mass is 16.5. The van der Waals surface area contributed by atoms with Crippen LogP contribution in [0.1, 0.15) is 36.7 Å². The number of carbonyl (C=O) groups excluding carboxylic acids is 1. The van der Waals surface area contributed by atoms with Crippen molar-refractivity contribution in [3.63, 3.8) is 0 Å². The summed E-state index contributed by atoms with van der Waals surface area (Å²) < 4.78 is 14.5. The Kier molecular flexibility index (Phi) is 6.86. The fraction of sp³-hybridized carbons (Fsp3) is 0.310. The first-order chi connectivity index (χ1) is 18.7. The summed E-state index contributed by atoms with van der Waals surface area (Å²) in [6.45, 7) is 6.84. The number of nitrogen functional groups attached to an aromatic ring is 1. The van der Waals surface area contributed by atoms with Crippen molar-refractivity contribution < 1.29 is 14.3 Å². The molecule has 202 valence electrons. The summed E-state index contributed by atoms with van der Waals surface area (Å²) in [5.74, 6) is 1.73. The number of ether oxygens (including phenoxy) is 2. The van der Waals surface area contributed by atoms with E-state index in [1.807, 2.05) is 61.2 Å². The maximum Gasteiger partial charge on any atom is 0.255 e. The molecule has 1 fully saturated rings. The van der Waals surface area contributed by atoms with Crippen molar-refractivity contribution in [1.82, 2.24) is 14.5 Å². The van der Waals surface area contributed by atoms with E-state index in [4.69, 9.17) is 36.7 Å². The van der Waals surface area contributed by atoms with Gasteiger partial charge in [-0.15, -0.1) is 0 Å². The van der Waals surface area contributed by atoms with Crippen LogP contribution < -0.4 is 20.9 Å². The minimum absolute atomic E-state index is 0.0111. The predicted molar refractivity (Wildman–Crippen MR) is 152 cm³/mol. The maximum absolute atomic E-state index is 11.6. The molecule has 6 N–H and O–H groups in total. The van der Waals surface area contributed by atoms with Crippen LogP contribution >= 0.6 is 0 Å². The molecule has 1 saturated heterocycles. The van der Waals surface area contributed by atoms with Gasteiger partial charge in [-0.25, -0.2) is 4.98 Å². The Morgan fingerprint density at radius 2 is 1.77 bits per heavy atom. The van der Waals surface area contributed by atoms with E-state index in [0.29, 0.717) is 22.9 Å². The van der Waals surface area contributed by atoms with Crippen LogP contribution in [0.2, 0.25) is 0 Å². The number of imidazole rings is 1. The van der Waals surface area contributed by atoms with Gasteiger partial charge in [-0.05, 0) is 38.3 Å². The molecule has 1 aliphatic rings. The highest BCUT2D eigenvalue weighted by Gasteiger charge is 2.26. The first kappa shape index (κ1) is 26.0. The van der Waals surface area contributed by atoms with E-state index < -0.39 is 5.91 Å². The van der Waals surface area contributed by atoms with E-state index in [1.165, 1.54) is 0 Å². The lowest BCUT2D eigenvalue weighted by Crippen LogP contribution is -2.40. The van der Waals surface area contributed by atoms with Gasteiger partial charge in [-0.2, -0.15) is 0 Å². The van der Waals surface area contributed by atoms with Crippen molar-refractivity contribution in [3.05, 3.63) is 59.4 Å². The molecule has 10 nitrogen and oxygen atoms in total. The molecule has 0 saturated carbocycles. The fourth-order valence-corrected chi connectivity index (χ4v) is 5.36. The van der Waals surface area contributed by atoms with E-state index >= 15 is 0 Å². The Balaban J connectivity index is 1.65. The van der Waals surface area contributed by atoms with Crippen LogP contribution in [0.15, 0.2) is 42.5 Å². The summed E-state index contributed by atoms with van der Waals surface area (Å²) in [7, 11) is 0. The summed E-state index contributed by atoms with van der Waals surface area (Å²) in [4.78, 5) is 18.5. The van der Waals surface area contributed by atoms with Gasteiger partial charge in [-0.3, -0.25) is 20.2 Å². The zero-order chi connectivity index (χ0) is 27.8. The van der Waals surface area contributed by atoms with Crippen LogP contribution in [0.4, 0.5) is 0 Å². The van der Waals surface area contributed by atoms with Gasteiger partial charge in [0.1, 0.15) is 17.8 Å². The zero-order valence-corrected chi connectivity index (χ0v) is 22.4. The van der Waals surface area contributed by atoms with Gasteiger partial charge in [0, 0.05) is 48.5 Å². The number of primary amides is 1. The van der Waals surface area contributed by atoms with Gasteiger partial charge in [0.2, 0.25) is 0 Å². The van der Waals surface area contributed by atoms with Gasteiger partial charge in [0.15, 0.2) is 18.1 Å². The molecule has 1 aliphatic heterocycles. The largest absolute Gasteiger partial charge is 0.486 e. The number of nitrogens with one attached hydrogen (secondary N) is 2. The average Bonchev–Trinajstić information content (AvgIpc) is 3.23. The van der Waals surface area contributed by atoms with Gasteiger partial charge in [0.25, 0.3) is 5.91 Å². The number of nitrogens with zero attached hydrogens (tertiary/aromatic N) is 3. The van der Waals surface area contributed by atoms with E-state index in [1.54, 1.807) is 6.92 Å². The normalized spacial score (nSPS) is 14.1. The molecule has 4 aromatic rings. The second-order valence-electron chi connectivity index (χ2n) is 9.93. The van der Waals surface area contributed by atoms with Crippen LogP contribution in [0, 0.1) is 24.7 Å². The number of hydrogen-bond donors (Lipinski definition) is 4. The molecule has 0 radical (unpaired) electrons. The minimum atomic E-state index is -0.575. The zero-order valence-electron chi connectivity index (χ0n) is 22.4. The quantitative estimate of drug-likeness (QED) is 0.212. The SMILES string of the molecule is CC(=N)N1CCC(Oc2cc3c(nc(C)n3-c3ccc(C(=N)N)c4ccccc34)c(C)c2OCC(N)=O)CC1. The number of likely N-dealkylation sites (tertiary alicyclic amines) is 1. The van der Waals surface area contributed by atoms with Crippen LogP contribution in [0.3, 0.4) is 0 Å². The Bertz CT molecular complexity index is 1620. The molecule has 0 spiro atoms. The highest BCUT2D eigenvalue weighted by molar-refractivity contribution is 6.10. The number of benzene rings is 3. The van der Waals surface area contributed by atoms with E-state index in [0.717, 1.165) is 64.8 Å². The molecule has 1 aromatic heterocycles. The number of piperidine rings is 1. The molecule has 0 aliphatic carbocycles. The van der Waals surface area contributed by atoms with Crippen LogP contribution in [-0.2, 0) is 4.79 Å². The van der Waals surface area contributed by atoms with Crippen molar-refractivity contribution in [2.75, 3.05) is 19.7 Å². The van der Waals surface area contributed by atoms with Crippen LogP contribution in [-0.4, -0.2) is 57.8 Å². The van der Waals surface area contributed by atoms with Crippen LogP contribution in [0.25, 0.3) is 27.5 Å². The van der Waals surface area contributed by atoms with Gasteiger partial charge >= 0.3 is 0 Å². The van der Waals surface area contributed by atoms with E-state index in [9.17, 15) is 4.79 Å². The molecule has 0 bridgehead atoms. The van der Waals surface area contributed by atoms with Crippen LogP contribution in [0.5, 0.6) is 11.5 Å². The molecular weight excluding hydrogens is 494 g/mol. The monoisotopic (exact) mass is 527 g/mol. The van der Waals surface area contributed by atoms with Crippen molar-refractivity contribution >= 4 is 39.4 Å². The molecule has 3 aromatic carbocycles. The van der Waals surface area contributed by atoms with Crippen molar-refractivity contribution in [3.8, 4) is 17.2 Å². The lowest BCUT2D eigenvalue weighted by Gasteiger charge is -2.33. The number of rotatable bonds is 7. The number of aryl methyl sites for hydroxylation is 2. The average molecular weight is 528 g/mol. The smallest absolute Gasteiger partial charge is 0.255 e. The summed E-state index contributed by atoms with van der Waals surface area (Å²) in [6, 6.07) is 13.6. The van der Waals surface area contributed by atoms with Gasteiger partial charge in [-0.1, -0.05) is 24.3 Å². The molecule has 10 heteroatoms. The van der Waals surface area contributed by atoms with Gasteiger partial charge in [0.05, 0.1) is 22.6 Å². The highest BCUT2D eigenvalue weighted by Crippen LogP contribution is 2.40. The van der Waals surface area contributed by atoms with Gasteiger partial charge < -0.3 is 25.8 Å². The molecule has 1 amide bonds. The maximum atomic E-state index is 11.6. The Labute approximate surface area is 226 Å². The third-order valence-corrected chi connectivity index (χ3v) is 7.27. The molecule has 2 heterocycles. The second kappa shape index (κ2) is 10.3. The Morgan fingerprint density at radius 1 is 1.08 bits per heavy atom. The lowest BCUT2D eigenvalue weighted by molar-refractivity contribution is -0.119. The predicted octanol–water partition coefficient (Wildman–Crippen LogP) is 3.78. The number of hydrogen-bond acceptors (Lipinski definition) is 6. The molecule has 0 atom stereocenters. The number of amides is 1. The first-order valence-corrected chi connectivity index (χ1v) is 12.9. The van der Waals surface area contributed by atoms with E-state index in [-0.39, 0.29) is 18.5 Å². The topological polar surface area (TPSA) is 156 Å². The van der Waals surface area contributed by atoms with Crippen molar-refractivity contribution in [2.24, 2.45) is 11.5 Å². The molecule has 39 heavy (non-hydrogen) atoms. The summed E-state index contributed by atoms with van der Waals surface area (Å²) in [5.41, 5.74) is 15.2. The Hall–Kier alpha value is -4.60. The summed E-state index contributed by atoms with van der Waals surface area (Å²) in [5, 5.41) is 17.8. The molecule has 0 unspecified atom stereocenters. The summed E-state index contributed by atoms with van der Waals surface area (Å²) in [6.07, 6.45) is 1.46. The molecule has 5 rings (SSSR count). The molecular formula is C29H33N7O3. The van der Waals surface area contributed by atoms with Crippen molar-refractivity contribution in [1.29, 1.82) is 10.8 Å². The summed E-state index contributed by atoms with van der Waals surface area (Å²) >= 11 is 0. The standard InChI is InChI=1S/C29H33N7O3/c1-16-27-24(14-25(28(16)38-15-26(31)37)39-19-10-12-35(13-11-19)17(2)30)36(18(3)34-27)23-9-8-22(29(32)33)20-6-4-5-7-21(20)23/h4-9,14,19,30H,10-13,15H2,1-3H3,(H2,31,37)(H3,32,33).